The molecule has 0 radical (unpaired) electrons. The van der Waals surface area contributed by atoms with Crippen LogP contribution in [0.1, 0.15) is 124 Å². The second kappa shape index (κ2) is 16.6. The number of nitrogens with zero attached hydrogens (tertiary/aromatic N) is 7. The molecule has 3 saturated carbocycles. The first kappa shape index (κ1) is 46.0. The maximum absolute atomic E-state index is 16.5. The topological polar surface area (TPSA) is 188 Å². The molecule has 4 fully saturated rings. The maximum Gasteiger partial charge on any atom is 0.438 e. The van der Waals surface area contributed by atoms with Gasteiger partial charge >= 0.3 is 11.4 Å². The second-order valence-corrected chi connectivity index (χ2v) is 23.1. The number of rotatable bonds is 10. The molecule has 3 aliphatic carbocycles. The van der Waals surface area contributed by atoms with Gasteiger partial charge in [-0.1, -0.05) is 18.1 Å². The molecule has 6 aromatic rings. The molecule has 3 aromatic heterocycles. The third-order valence-corrected chi connectivity index (χ3v) is 18.5. The third-order valence-electron chi connectivity index (χ3n) is 15.5. The lowest BCUT2D eigenvalue weighted by Crippen LogP contribution is -2.49. The fourth-order valence-electron chi connectivity index (χ4n) is 11.3. The van der Waals surface area contributed by atoms with E-state index in [1.165, 1.54) is 42.2 Å². The molecule has 366 valence electrons. The van der Waals surface area contributed by atoms with Crippen molar-refractivity contribution in [3.8, 4) is 5.69 Å². The fraction of sp³-hybridized carbons (Fsp3) is 0.442. The van der Waals surface area contributed by atoms with Gasteiger partial charge in [0.2, 0.25) is 0 Å². The molecule has 1 saturated heterocycles. The Morgan fingerprint density at radius 1 is 0.971 bits per heavy atom. The van der Waals surface area contributed by atoms with Crippen LogP contribution in [0.2, 0.25) is 0 Å². The van der Waals surface area contributed by atoms with E-state index in [2.05, 4.69) is 40.5 Å². The van der Waals surface area contributed by atoms with Crippen molar-refractivity contribution in [2.75, 3.05) is 20.2 Å². The van der Waals surface area contributed by atoms with Crippen LogP contribution in [0.15, 0.2) is 107 Å². The molecule has 0 bridgehead atoms. The average Bonchev–Trinajstić information content (AvgIpc) is 4.30. The van der Waals surface area contributed by atoms with Crippen LogP contribution in [0, 0.1) is 24.5 Å². The summed E-state index contributed by atoms with van der Waals surface area (Å²) in [4.78, 5) is 52.8. The van der Waals surface area contributed by atoms with E-state index in [0.29, 0.717) is 52.0 Å². The highest BCUT2D eigenvalue weighted by atomic mass is 32.2. The van der Waals surface area contributed by atoms with Crippen LogP contribution in [0.4, 0.5) is 14.5 Å². The number of carbonyl (C=O) groups excluding carboxylic acids is 1. The average molecular weight is 974 g/mol. The van der Waals surface area contributed by atoms with Gasteiger partial charge < -0.3 is 19.9 Å². The number of aromatic nitrogens is 5. The molecule has 18 heteroatoms. The first-order chi connectivity index (χ1) is 33.4. The molecule has 2 aliphatic heterocycles. The molecule has 15 nitrogen and oxygen atoms in total. The number of hydrogen-bond donors (Lipinski definition) is 2. The zero-order chi connectivity index (χ0) is 49.2. The summed E-state index contributed by atoms with van der Waals surface area (Å²) >= 11 is 0. The number of nitrogens with one attached hydrogen (secondary N) is 1. The number of aromatic amines is 1. The first-order valence-corrected chi connectivity index (χ1v) is 25.8. The van der Waals surface area contributed by atoms with E-state index >= 15 is 13.6 Å². The van der Waals surface area contributed by atoms with Crippen LogP contribution in [0.5, 0.6) is 0 Å². The summed E-state index contributed by atoms with van der Waals surface area (Å²) in [5.41, 5.74) is 9.18. The van der Waals surface area contributed by atoms with Crippen molar-refractivity contribution < 1.29 is 27.0 Å². The molecular formula is C52H57F2N9O6S. The van der Waals surface area contributed by atoms with E-state index in [1.807, 2.05) is 30.5 Å². The minimum absolute atomic E-state index is 0.0316. The van der Waals surface area contributed by atoms with Crippen molar-refractivity contribution in [2.45, 2.75) is 125 Å². The number of fused-ring (bicyclic) bond motifs is 1. The molecular weight excluding hydrogens is 917 g/mol. The van der Waals surface area contributed by atoms with Crippen molar-refractivity contribution in [3.05, 3.63) is 139 Å². The van der Waals surface area contributed by atoms with E-state index in [4.69, 9.17) is 20.0 Å². The zero-order valence-corrected chi connectivity index (χ0v) is 40.9. The summed E-state index contributed by atoms with van der Waals surface area (Å²) in [5, 5.41) is 4.87. The lowest BCUT2D eigenvalue weighted by molar-refractivity contribution is -0.0592. The van der Waals surface area contributed by atoms with Crippen LogP contribution in [0.25, 0.3) is 16.6 Å². The van der Waals surface area contributed by atoms with Crippen LogP contribution < -0.4 is 17.2 Å². The SMILES string of the molecule is CN=S(=O)(c1ccc(-n2ccn(C(=Nc3ccc(F)c(C4CC4)c3)C3=C(N)CCN(C(=O)c4cc5cc([C@H]6CCOC(C)(C)C6)ccc5n4[C@@]4(c5noc(=O)[nH]5)C[C@@H]4C)[C@H]3C)c2=O)c(F)c1C)C1CC1. The predicted octanol–water partition coefficient (Wildman–Crippen LogP) is 8.53. The van der Waals surface area contributed by atoms with Gasteiger partial charge in [-0.15, -0.1) is 0 Å². The number of nitrogens with two attached hydrogens (primary N) is 1. The normalized spacial score (nSPS) is 24.5. The lowest BCUT2D eigenvalue weighted by atomic mass is 9.83. The fourth-order valence-corrected chi connectivity index (χ4v) is 13.7. The van der Waals surface area contributed by atoms with E-state index < -0.39 is 38.6 Å². The maximum atomic E-state index is 16.5. The molecule has 11 rings (SSSR count). The number of carbonyl (C=O) groups is 1. The van der Waals surface area contributed by atoms with Gasteiger partial charge in [-0.05, 0) is 150 Å². The Hall–Kier alpha value is -6.40. The zero-order valence-electron chi connectivity index (χ0n) is 40.1. The van der Waals surface area contributed by atoms with Crippen molar-refractivity contribution in [2.24, 2.45) is 21.0 Å². The first-order valence-electron chi connectivity index (χ1n) is 24.2. The van der Waals surface area contributed by atoms with Crippen molar-refractivity contribution in [1.82, 2.24) is 28.7 Å². The molecule has 1 unspecified atom stereocenters. The van der Waals surface area contributed by atoms with Crippen LogP contribution in [-0.2, 0) is 20.0 Å². The van der Waals surface area contributed by atoms with E-state index in [9.17, 15) is 13.8 Å². The van der Waals surface area contributed by atoms with Gasteiger partial charge in [-0.2, -0.15) is 0 Å². The summed E-state index contributed by atoms with van der Waals surface area (Å²) in [6, 6.07) is 15.0. The summed E-state index contributed by atoms with van der Waals surface area (Å²) in [6.07, 6.45) is 8.58. The number of ether oxygens (including phenoxy) is 1. The van der Waals surface area contributed by atoms with Gasteiger partial charge in [-0.25, -0.2) is 31.9 Å². The number of benzene rings is 3. The van der Waals surface area contributed by atoms with Gasteiger partial charge in [0.15, 0.2) is 11.6 Å². The number of hydrogen-bond acceptors (Lipinski definition) is 10. The van der Waals surface area contributed by atoms with Crippen LogP contribution in [0.3, 0.4) is 0 Å². The van der Waals surface area contributed by atoms with Crippen LogP contribution in [-0.4, -0.2) is 81.8 Å². The summed E-state index contributed by atoms with van der Waals surface area (Å²) < 4.78 is 65.5. The Morgan fingerprint density at radius 3 is 2.41 bits per heavy atom. The Morgan fingerprint density at radius 2 is 1.74 bits per heavy atom. The Kier molecular flexibility index (Phi) is 10.9. The third kappa shape index (κ3) is 7.51. The smallest absolute Gasteiger partial charge is 0.402 e. The standard InChI is InChI=1S/C52H57F2N9O6S/c1-28-26-52(28,48-58-49(65)69-59-48)63-40-14-9-32(33-18-22-68-51(4,5)27-33)23-34(40)24-42(63)47(64)60-19-17-39(55)44(30(60)3)46(57-35-10-13-38(53)37(25-35)31-7-8-31)62-21-20-61(50(62)66)41-15-16-43(29(2)45(41)54)70(67,56-6)36-11-12-36/h9-10,13-16,20-21,23-25,28,30-31,33,36H,7-8,11-12,17-19,22,26-27,55H2,1-6H3,(H,58,59,65)/t28-,30-,33-,52-,70?/m0/s1. The molecule has 5 atom stereocenters. The predicted molar refractivity (Wildman–Crippen MR) is 262 cm³/mol. The minimum atomic E-state index is -2.86. The molecule has 1 amide bonds. The molecule has 0 spiro atoms. The van der Waals surface area contributed by atoms with Gasteiger partial charge in [0.1, 0.15) is 22.9 Å². The second-order valence-electron chi connectivity index (χ2n) is 20.5. The minimum Gasteiger partial charge on any atom is -0.402 e. The van der Waals surface area contributed by atoms with Gasteiger partial charge in [-0.3, -0.25) is 23.4 Å². The quantitative estimate of drug-likeness (QED) is 0.101. The molecule has 5 aliphatic rings. The number of imidazole rings is 1. The highest BCUT2D eigenvalue weighted by molar-refractivity contribution is 7.94. The monoisotopic (exact) mass is 973 g/mol. The number of halogens is 2. The lowest BCUT2D eigenvalue weighted by Gasteiger charge is -2.37. The van der Waals surface area contributed by atoms with Crippen molar-refractivity contribution in [1.29, 1.82) is 0 Å². The summed E-state index contributed by atoms with van der Waals surface area (Å²) in [6.45, 7) is 10.5. The van der Waals surface area contributed by atoms with Gasteiger partial charge in [0.05, 0.1) is 37.6 Å². The van der Waals surface area contributed by atoms with E-state index in [0.717, 1.165) is 59.6 Å². The molecule has 5 heterocycles. The van der Waals surface area contributed by atoms with Crippen molar-refractivity contribution in [3.63, 3.8) is 0 Å². The summed E-state index contributed by atoms with van der Waals surface area (Å²) in [7, 11) is -1.37. The highest BCUT2D eigenvalue weighted by Crippen LogP contribution is 2.56. The Balaban J connectivity index is 1.02. The van der Waals surface area contributed by atoms with E-state index in [1.54, 1.807) is 24.0 Å². The molecule has 3 aromatic carbocycles. The van der Waals surface area contributed by atoms with Crippen LogP contribution >= 0.6 is 0 Å². The summed E-state index contributed by atoms with van der Waals surface area (Å²) in [5.74, 6) is -1.40. The van der Waals surface area contributed by atoms with E-state index in [-0.39, 0.29) is 70.4 Å². The van der Waals surface area contributed by atoms with Gasteiger partial charge in [0.25, 0.3) is 5.91 Å². The number of amides is 1. The Bertz CT molecular complexity index is 3470. The van der Waals surface area contributed by atoms with Crippen molar-refractivity contribution >= 4 is 38.1 Å². The number of H-pyrrole nitrogens is 1. The Labute approximate surface area is 403 Å². The highest BCUT2D eigenvalue weighted by Gasteiger charge is 2.59. The molecule has 3 N–H and O–H groups in total. The molecule has 70 heavy (non-hydrogen) atoms. The number of aliphatic imine (C=N–C) groups is 1. The largest absolute Gasteiger partial charge is 0.438 e. The van der Waals surface area contributed by atoms with Gasteiger partial charge in [0, 0.05) is 72.0 Å².